The van der Waals surface area contributed by atoms with Crippen LogP contribution in [0.5, 0.6) is 0 Å². The van der Waals surface area contributed by atoms with Gasteiger partial charge in [0.25, 0.3) is 0 Å². The summed E-state index contributed by atoms with van der Waals surface area (Å²) in [6.45, 7) is 4.66. The summed E-state index contributed by atoms with van der Waals surface area (Å²) >= 11 is 1.67. The van der Waals surface area contributed by atoms with E-state index in [1.54, 1.807) is 35.6 Å². The zero-order valence-electron chi connectivity index (χ0n) is 11.6. The van der Waals surface area contributed by atoms with E-state index in [1.807, 2.05) is 13.8 Å². The SMILES string of the molecule is CNS(=O)(=O)c1ccc(NCc2sc(C)nc2C)cc1. The lowest BCUT2D eigenvalue weighted by Crippen LogP contribution is -2.18. The lowest BCUT2D eigenvalue weighted by atomic mass is 10.3. The summed E-state index contributed by atoms with van der Waals surface area (Å²) in [5.74, 6) is 0. The minimum absolute atomic E-state index is 0.260. The lowest BCUT2D eigenvalue weighted by Gasteiger charge is -2.07. The Morgan fingerprint density at radius 2 is 1.85 bits per heavy atom. The fourth-order valence-electron chi connectivity index (χ4n) is 1.79. The van der Waals surface area contributed by atoms with E-state index in [4.69, 9.17) is 0 Å². The fourth-order valence-corrected chi connectivity index (χ4v) is 3.40. The zero-order valence-corrected chi connectivity index (χ0v) is 13.2. The summed E-state index contributed by atoms with van der Waals surface area (Å²) in [5.41, 5.74) is 1.92. The number of thiazole rings is 1. The van der Waals surface area contributed by atoms with Crippen molar-refractivity contribution >= 4 is 27.0 Å². The van der Waals surface area contributed by atoms with Gasteiger partial charge in [0, 0.05) is 10.6 Å². The fraction of sp³-hybridized carbons (Fsp3) is 0.308. The summed E-state index contributed by atoms with van der Waals surface area (Å²) < 4.78 is 25.5. The first-order valence-corrected chi connectivity index (χ1v) is 8.43. The number of anilines is 1. The molecule has 0 fully saturated rings. The average Bonchev–Trinajstić information content (AvgIpc) is 2.75. The van der Waals surface area contributed by atoms with Crippen LogP contribution in [0.4, 0.5) is 5.69 Å². The summed E-state index contributed by atoms with van der Waals surface area (Å²) in [6.07, 6.45) is 0. The van der Waals surface area contributed by atoms with Gasteiger partial charge < -0.3 is 5.32 Å². The molecule has 7 heteroatoms. The zero-order chi connectivity index (χ0) is 14.8. The van der Waals surface area contributed by atoms with Gasteiger partial charge in [-0.25, -0.2) is 18.1 Å². The second kappa shape index (κ2) is 5.90. The molecule has 0 aliphatic rings. The molecule has 0 spiro atoms. The van der Waals surface area contributed by atoms with Gasteiger partial charge in [0.2, 0.25) is 10.0 Å². The Labute approximate surface area is 123 Å². The molecule has 0 unspecified atom stereocenters. The Hall–Kier alpha value is -1.44. The predicted molar refractivity (Wildman–Crippen MR) is 81.6 cm³/mol. The van der Waals surface area contributed by atoms with Crippen LogP contribution in [-0.4, -0.2) is 20.4 Å². The first-order valence-electron chi connectivity index (χ1n) is 6.13. The van der Waals surface area contributed by atoms with Crippen LogP contribution in [0.2, 0.25) is 0 Å². The molecule has 0 atom stereocenters. The van der Waals surface area contributed by atoms with E-state index in [0.29, 0.717) is 6.54 Å². The van der Waals surface area contributed by atoms with Gasteiger partial charge in [-0.3, -0.25) is 0 Å². The van der Waals surface area contributed by atoms with E-state index in [1.165, 1.54) is 11.9 Å². The molecule has 0 bridgehead atoms. The smallest absolute Gasteiger partial charge is 0.240 e. The topological polar surface area (TPSA) is 71.1 Å². The summed E-state index contributed by atoms with van der Waals surface area (Å²) in [7, 11) is -1.97. The number of aryl methyl sites for hydroxylation is 2. The molecule has 0 saturated heterocycles. The van der Waals surface area contributed by atoms with Crippen LogP contribution >= 0.6 is 11.3 Å². The molecule has 5 nitrogen and oxygen atoms in total. The van der Waals surface area contributed by atoms with Crippen molar-refractivity contribution in [3.63, 3.8) is 0 Å². The van der Waals surface area contributed by atoms with Gasteiger partial charge in [0.1, 0.15) is 0 Å². The van der Waals surface area contributed by atoms with Crippen molar-refractivity contribution in [2.45, 2.75) is 25.3 Å². The Morgan fingerprint density at radius 1 is 1.20 bits per heavy atom. The molecule has 0 radical (unpaired) electrons. The molecule has 2 N–H and O–H groups in total. The molecule has 0 aliphatic carbocycles. The Morgan fingerprint density at radius 3 is 2.35 bits per heavy atom. The van der Waals surface area contributed by atoms with Crippen molar-refractivity contribution in [2.24, 2.45) is 0 Å². The number of benzene rings is 1. The molecule has 0 saturated carbocycles. The standard InChI is InChI=1S/C13H17N3O2S2/c1-9-13(19-10(2)16-9)8-15-11-4-6-12(7-5-11)20(17,18)14-3/h4-7,14-15H,8H2,1-3H3. The predicted octanol–water partition coefficient (Wildman–Crippen LogP) is 2.28. The van der Waals surface area contributed by atoms with Crippen molar-refractivity contribution in [2.75, 3.05) is 12.4 Å². The Bertz CT molecular complexity index is 691. The molecule has 108 valence electrons. The van der Waals surface area contributed by atoms with Gasteiger partial charge in [0.05, 0.1) is 22.1 Å². The molecule has 2 rings (SSSR count). The molecule has 1 aromatic heterocycles. The maximum atomic E-state index is 11.6. The van der Waals surface area contributed by atoms with Crippen LogP contribution in [0, 0.1) is 13.8 Å². The van der Waals surface area contributed by atoms with E-state index >= 15 is 0 Å². The van der Waals surface area contributed by atoms with Crippen molar-refractivity contribution in [1.29, 1.82) is 0 Å². The van der Waals surface area contributed by atoms with Gasteiger partial charge in [-0.1, -0.05) is 0 Å². The van der Waals surface area contributed by atoms with Crippen LogP contribution in [0.3, 0.4) is 0 Å². The quantitative estimate of drug-likeness (QED) is 0.888. The largest absolute Gasteiger partial charge is 0.380 e. The molecule has 0 aliphatic heterocycles. The third-order valence-electron chi connectivity index (χ3n) is 2.89. The first kappa shape index (κ1) is 15.0. The van der Waals surface area contributed by atoms with E-state index in [2.05, 4.69) is 15.0 Å². The van der Waals surface area contributed by atoms with Gasteiger partial charge >= 0.3 is 0 Å². The van der Waals surface area contributed by atoms with Gasteiger partial charge in [-0.15, -0.1) is 11.3 Å². The van der Waals surface area contributed by atoms with Crippen LogP contribution < -0.4 is 10.0 Å². The van der Waals surface area contributed by atoms with E-state index in [-0.39, 0.29) is 4.90 Å². The van der Waals surface area contributed by atoms with E-state index in [9.17, 15) is 8.42 Å². The highest BCUT2D eigenvalue weighted by atomic mass is 32.2. The maximum Gasteiger partial charge on any atom is 0.240 e. The molecule has 1 heterocycles. The van der Waals surface area contributed by atoms with E-state index in [0.717, 1.165) is 16.4 Å². The normalized spacial score (nSPS) is 11.6. The number of hydrogen-bond donors (Lipinski definition) is 2. The third kappa shape index (κ3) is 3.36. The highest BCUT2D eigenvalue weighted by Gasteiger charge is 2.10. The number of nitrogens with zero attached hydrogens (tertiary/aromatic N) is 1. The van der Waals surface area contributed by atoms with Crippen LogP contribution in [0.15, 0.2) is 29.2 Å². The lowest BCUT2D eigenvalue weighted by molar-refractivity contribution is 0.588. The summed E-state index contributed by atoms with van der Waals surface area (Å²) in [6, 6.07) is 6.68. The van der Waals surface area contributed by atoms with Crippen molar-refractivity contribution in [3.05, 3.63) is 39.8 Å². The second-order valence-corrected chi connectivity index (χ2v) is 7.50. The number of sulfonamides is 1. The van der Waals surface area contributed by atoms with Crippen LogP contribution in [0.1, 0.15) is 15.6 Å². The Balaban J connectivity index is 2.06. The maximum absolute atomic E-state index is 11.6. The van der Waals surface area contributed by atoms with Gasteiger partial charge in [0.15, 0.2) is 0 Å². The number of nitrogens with one attached hydrogen (secondary N) is 2. The molecule has 20 heavy (non-hydrogen) atoms. The first-order chi connectivity index (χ1) is 9.42. The second-order valence-electron chi connectivity index (χ2n) is 4.33. The molecular formula is C13H17N3O2S2. The minimum atomic E-state index is -3.37. The van der Waals surface area contributed by atoms with Crippen molar-refractivity contribution < 1.29 is 8.42 Å². The molecule has 0 amide bonds. The molecular weight excluding hydrogens is 294 g/mol. The number of rotatable bonds is 5. The highest BCUT2D eigenvalue weighted by Crippen LogP contribution is 2.19. The minimum Gasteiger partial charge on any atom is -0.380 e. The Kier molecular flexibility index (Phi) is 4.42. The molecule has 1 aromatic carbocycles. The van der Waals surface area contributed by atoms with Crippen molar-refractivity contribution in [1.82, 2.24) is 9.71 Å². The summed E-state index contributed by atoms with van der Waals surface area (Å²) in [5, 5.41) is 4.32. The van der Waals surface area contributed by atoms with Crippen LogP contribution in [-0.2, 0) is 16.6 Å². The van der Waals surface area contributed by atoms with Crippen molar-refractivity contribution in [3.8, 4) is 0 Å². The van der Waals surface area contributed by atoms with Crippen LogP contribution in [0.25, 0.3) is 0 Å². The number of aromatic nitrogens is 1. The number of hydrogen-bond acceptors (Lipinski definition) is 5. The average molecular weight is 311 g/mol. The monoisotopic (exact) mass is 311 g/mol. The van der Waals surface area contributed by atoms with Gasteiger partial charge in [-0.05, 0) is 45.2 Å². The highest BCUT2D eigenvalue weighted by molar-refractivity contribution is 7.89. The molecule has 2 aromatic rings. The summed E-state index contributed by atoms with van der Waals surface area (Å²) in [4.78, 5) is 5.82. The third-order valence-corrected chi connectivity index (χ3v) is 5.39. The van der Waals surface area contributed by atoms with E-state index < -0.39 is 10.0 Å². The van der Waals surface area contributed by atoms with Gasteiger partial charge in [-0.2, -0.15) is 0 Å².